The van der Waals surface area contributed by atoms with Gasteiger partial charge in [0.05, 0.1) is 11.9 Å². The van der Waals surface area contributed by atoms with Crippen LogP contribution in [0.15, 0.2) is 83.3 Å². The van der Waals surface area contributed by atoms with Crippen molar-refractivity contribution in [2.24, 2.45) is 0 Å². The molecule has 0 spiro atoms. The largest absolute Gasteiger partial charge is 0.352 e. The van der Waals surface area contributed by atoms with E-state index in [4.69, 9.17) is 0 Å². The van der Waals surface area contributed by atoms with Crippen molar-refractivity contribution in [2.75, 3.05) is 17.1 Å². The molecule has 2 amide bonds. The molecule has 3 aromatic rings. The van der Waals surface area contributed by atoms with Crippen LogP contribution in [-0.4, -0.2) is 50.0 Å². The number of benzene rings is 3. The predicted octanol–water partition coefficient (Wildman–Crippen LogP) is 5.08. The lowest BCUT2D eigenvalue weighted by Gasteiger charge is -2.34. The second-order valence-electron chi connectivity index (χ2n) is 9.78. The van der Waals surface area contributed by atoms with Crippen LogP contribution in [0.25, 0.3) is 0 Å². The predicted molar refractivity (Wildman–Crippen MR) is 160 cm³/mol. The van der Waals surface area contributed by atoms with Crippen LogP contribution in [0.3, 0.4) is 0 Å². The Morgan fingerprint density at radius 1 is 0.949 bits per heavy atom. The van der Waals surface area contributed by atoms with Crippen LogP contribution in [0.4, 0.5) is 5.69 Å². The van der Waals surface area contributed by atoms with Gasteiger partial charge in [0.15, 0.2) is 0 Å². The number of sulfonamides is 1. The SMILES string of the molecule is CCC(C)NC(=O)C(Cc1ccccc1)N(Cc1cccc(Br)c1)C(=O)CN(c1ccc(C)cc1)S(C)(=O)=O. The third-order valence-electron chi connectivity index (χ3n) is 6.52. The Hall–Kier alpha value is -3.17. The maximum Gasteiger partial charge on any atom is 0.244 e. The van der Waals surface area contributed by atoms with E-state index in [0.29, 0.717) is 5.69 Å². The van der Waals surface area contributed by atoms with Gasteiger partial charge in [0.1, 0.15) is 12.6 Å². The lowest BCUT2D eigenvalue weighted by molar-refractivity contribution is -0.140. The second-order valence-corrected chi connectivity index (χ2v) is 12.6. The number of nitrogens with zero attached hydrogens (tertiary/aromatic N) is 2. The Labute approximate surface area is 240 Å². The quantitative estimate of drug-likeness (QED) is 0.309. The zero-order chi connectivity index (χ0) is 28.6. The molecule has 2 atom stereocenters. The van der Waals surface area contributed by atoms with Gasteiger partial charge in [0, 0.05) is 23.5 Å². The summed E-state index contributed by atoms with van der Waals surface area (Å²) in [6.45, 7) is 5.50. The van der Waals surface area contributed by atoms with Crippen molar-refractivity contribution in [2.45, 2.75) is 52.2 Å². The fourth-order valence-corrected chi connectivity index (χ4v) is 5.45. The van der Waals surface area contributed by atoms with Gasteiger partial charge in [-0.1, -0.05) is 83.0 Å². The molecule has 0 bridgehead atoms. The van der Waals surface area contributed by atoms with Crippen molar-refractivity contribution in [3.63, 3.8) is 0 Å². The molecule has 208 valence electrons. The van der Waals surface area contributed by atoms with E-state index >= 15 is 0 Å². The summed E-state index contributed by atoms with van der Waals surface area (Å²) in [7, 11) is -3.79. The van der Waals surface area contributed by atoms with E-state index in [9.17, 15) is 18.0 Å². The van der Waals surface area contributed by atoms with E-state index in [2.05, 4.69) is 21.2 Å². The second kappa shape index (κ2) is 13.8. The number of carbonyl (C=O) groups excluding carboxylic acids is 2. The fourth-order valence-electron chi connectivity index (χ4n) is 4.15. The summed E-state index contributed by atoms with van der Waals surface area (Å²) in [5.74, 6) is -0.751. The van der Waals surface area contributed by atoms with Crippen LogP contribution < -0.4 is 9.62 Å². The highest BCUT2D eigenvalue weighted by Crippen LogP contribution is 2.22. The summed E-state index contributed by atoms with van der Waals surface area (Å²) < 4.78 is 27.6. The molecule has 0 saturated carbocycles. The van der Waals surface area contributed by atoms with Gasteiger partial charge in [0.2, 0.25) is 21.8 Å². The third kappa shape index (κ3) is 8.93. The molecule has 2 unspecified atom stereocenters. The molecule has 0 aromatic heterocycles. The first-order valence-electron chi connectivity index (χ1n) is 12.9. The number of anilines is 1. The van der Waals surface area contributed by atoms with Gasteiger partial charge in [-0.25, -0.2) is 8.42 Å². The topological polar surface area (TPSA) is 86.8 Å². The van der Waals surface area contributed by atoms with E-state index in [1.54, 1.807) is 24.3 Å². The number of rotatable bonds is 12. The standard InChI is InChI=1S/C30H36BrN3O4S/c1-5-23(3)32-30(36)28(19-24-10-7-6-8-11-24)33(20-25-12-9-13-26(31)18-25)29(35)21-34(39(4,37)38)27-16-14-22(2)15-17-27/h6-18,23,28H,5,19-21H2,1-4H3,(H,32,36). The number of halogens is 1. The van der Waals surface area contributed by atoms with Gasteiger partial charge in [-0.15, -0.1) is 0 Å². The summed E-state index contributed by atoms with van der Waals surface area (Å²) in [5.41, 5.74) is 3.07. The van der Waals surface area contributed by atoms with Gasteiger partial charge in [0.25, 0.3) is 0 Å². The third-order valence-corrected chi connectivity index (χ3v) is 8.15. The summed E-state index contributed by atoms with van der Waals surface area (Å²) >= 11 is 3.48. The van der Waals surface area contributed by atoms with Gasteiger partial charge in [-0.3, -0.25) is 13.9 Å². The van der Waals surface area contributed by atoms with E-state index in [1.807, 2.05) is 75.4 Å². The first kappa shape index (κ1) is 30.4. The lowest BCUT2D eigenvalue weighted by Crippen LogP contribution is -2.54. The van der Waals surface area contributed by atoms with E-state index in [0.717, 1.165) is 38.1 Å². The molecule has 0 aliphatic heterocycles. The van der Waals surface area contributed by atoms with Crippen molar-refractivity contribution in [1.82, 2.24) is 10.2 Å². The average Bonchev–Trinajstić information content (AvgIpc) is 2.89. The number of amides is 2. The zero-order valence-electron chi connectivity index (χ0n) is 22.8. The minimum atomic E-state index is -3.79. The minimum absolute atomic E-state index is 0.0846. The molecule has 0 radical (unpaired) electrons. The van der Waals surface area contributed by atoms with Crippen molar-refractivity contribution in [3.8, 4) is 0 Å². The number of carbonyl (C=O) groups is 2. The van der Waals surface area contributed by atoms with E-state index in [1.165, 1.54) is 4.90 Å². The van der Waals surface area contributed by atoms with Crippen LogP contribution in [0.1, 0.15) is 37.0 Å². The first-order valence-corrected chi connectivity index (χ1v) is 15.5. The minimum Gasteiger partial charge on any atom is -0.352 e. The number of hydrogen-bond donors (Lipinski definition) is 1. The van der Waals surface area contributed by atoms with Crippen LogP contribution in [0.5, 0.6) is 0 Å². The highest BCUT2D eigenvalue weighted by atomic mass is 79.9. The Morgan fingerprint density at radius 2 is 1.59 bits per heavy atom. The molecule has 1 N–H and O–H groups in total. The zero-order valence-corrected chi connectivity index (χ0v) is 25.2. The smallest absolute Gasteiger partial charge is 0.244 e. The molecular weight excluding hydrogens is 578 g/mol. The Kier molecular flexibility index (Phi) is 10.7. The van der Waals surface area contributed by atoms with Crippen molar-refractivity contribution >= 4 is 43.5 Å². The molecular formula is C30H36BrN3O4S. The monoisotopic (exact) mass is 613 g/mol. The molecule has 9 heteroatoms. The number of hydrogen-bond acceptors (Lipinski definition) is 4. The maximum absolute atomic E-state index is 14.0. The highest BCUT2D eigenvalue weighted by molar-refractivity contribution is 9.10. The molecule has 0 aliphatic rings. The molecule has 7 nitrogen and oxygen atoms in total. The molecule has 0 aliphatic carbocycles. The molecule has 3 rings (SSSR count). The molecule has 0 saturated heterocycles. The van der Waals surface area contributed by atoms with Crippen molar-refractivity contribution in [1.29, 1.82) is 0 Å². The van der Waals surface area contributed by atoms with Crippen molar-refractivity contribution in [3.05, 3.63) is 100 Å². The lowest BCUT2D eigenvalue weighted by atomic mass is 10.0. The molecule has 0 fully saturated rings. The summed E-state index contributed by atoms with van der Waals surface area (Å²) in [5, 5.41) is 3.03. The van der Waals surface area contributed by atoms with Gasteiger partial charge in [-0.2, -0.15) is 0 Å². The summed E-state index contributed by atoms with van der Waals surface area (Å²) in [4.78, 5) is 29.2. The van der Waals surface area contributed by atoms with Crippen LogP contribution in [-0.2, 0) is 32.6 Å². The average molecular weight is 615 g/mol. The number of nitrogens with one attached hydrogen (secondary N) is 1. The van der Waals surface area contributed by atoms with Gasteiger partial charge >= 0.3 is 0 Å². The number of aryl methyl sites for hydroxylation is 1. The van der Waals surface area contributed by atoms with Crippen LogP contribution in [0, 0.1) is 6.92 Å². The van der Waals surface area contributed by atoms with Crippen LogP contribution in [0.2, 0.25) is 0 Å². The first-order chi connectivity index (χ1) is 18.5. The molecule has 0 heterocycles. The Bertz CT molecular complexity index is 1360. The fraction of sp³-hybridized carbons (Fsp3) is 0.333. The Morgan fingerprint density at radius 3 is 2.18 bits per heavy atom. The Balaban J connectivity index is 2.05. The summed E-state index contributed by atoms with van der Waals surface area (Å²) in [6, 6.07) is 23.1. The maximum atomic E-state index is 14.0. The molecule has 39 heavy (non-hydrogen) atoms. The molecule has 3 aromatic carbocycles. The highest BCUT2D eigenvalue weighted by Gasteiger charge is 2.33. The van der Waals surface area contributed by atoms with Crippen LogP contribution >= 0.6 is 15.9 Å². The van der Waals surface area contributed by atoms with Crippen molar-refractivity contribution < 1.29 is 18.0 Å². The normalized spacial score (nSPS) is 12.8. The van der Waals surface area contributed by atoms with E-state index < -0.39 is 28.5 Å². The van der Waals surface area contributed by atoms with E-state index in [-0.39, 0.29) is 24.9 Å². The summed E-state index contributed by atoms with van der Waals surface area (Å²) in [6.07, 6.45) is 2.10. The van der Waals surface area contributed by atoms with Gasteiger partial charge in [-0.05, 0) is 55.7 Å². The van der Waals surface area contributed by atoms with Gasteiger partial charge < -0.3 is 10.2 Å².